The summed E-state index contributed by atoms with van der Waals surface area (Å²) < 4.78 is 0. The van der Waals surface area contributed by atoms with Crippen LogP contribution in [0.5, 0.6) is 0 Å². The first-order chi connectivity index (χ1) is 7.76. The molecule has 0 aromatic rings. The lowest BCUT2D eigenvalue weighted by atomic mass is 10.0. The van der Waals surface area contributed by atoms with Crippen LogP contribution < -0.4 is 5.32 Å². The van der Waals surface area contributed by atoms with Crippen LogP contribution in [0, 0.1) is 23.2 Å². The third-order valence-electron chi connectivity index (χ3n) is 4.93. The predicted octanol–water partition coefficient (Wildman–Crippen LogP) is 2.71. The van der Waals surface area contributed by atoms with Crippen molar-refractivity contribution in [3.05, 3.63) is 0 Å². The van der Waals surface area contributed by atoms with Crippen LogP contribution in [0.4, 0.5) is 0 Å². The Morgan fingerprint density at radius 1 is 1.31 bits per heavy atom. The van der Waals surface area contributed by atoms with Crippen molar-refractivity contribution >= 4 is 21.8 Å². The number of carbonyl (C=O) groups is 1. The molecule has 2 atom stereocenters. The van der Waals surface area contributed by atoms with Gasteiger partial charge in [-0.1, -0.05) is 22.4 Å². The molecule has 0 aromatic carbocycles. The maximum Gasteiger partial charge on any atom is 0.223 e. The predicted molar refractivity (Wildman–Crippen MR) is 67.4 cm³/mol. The zero-order valence-corrected chi connectivity index (χ0v) is 11.3. The minimum atomic E-state index is 0.357. The average Bonchev–Trinajstić information content (AvgIpc) is 3.15. The first-order valence-corrected chi connectivity index (χ1v) is 7.72. The maximum atomic E-state index is 12.0. The lowest BCUT2D eigenvalue weighted by Gasteiger charge is -2.15. The number of carbonyl (C=O) groups excluding carboxylic acids is 1. The minimum absolute atomic E-state index is 0.357. The summed E-state index contributed by atoms with van der Waals surface area (Å²) in [6.07, 6.45) is 7.77. The minimum Gasteiger partial charge on any atom is -0.355 e. The smallest absolute Gasteiger partial charge is 0.223 e. The normalized spacial score (nSPS) is 37.9. The second kappa shape index (κ2) is 4.01. The summed E-state index contributed by atoms with van der Waals surface area (Å²) >= 11 is 3.50. The zero-order chi connectivity index (χ0) is 11.2. The number of fused-ring (bicyclic) bond motifs is 1. The van der Waals surface area contributed by atoms with E-state index in [1.165, 1.54) is 38.5 Å². The van der Waals surface area contributed by atoms with E-state index < -0.39 is 0 Å². The monoisotopic (exact) mass is 285 g/mol. The van der Waals surface area contributed by atoms with Crippen molar-refractivity contribution in [2.75, 3.05) is 11.9 Å². The summed E-state index contributed by atoms with van der Waals surface area (Å²) in [7, 11) is 0. The molecule has 90 valence electrons. The molecule has 0 saturated heterocycles. The molecule has 0 spiro atoms. The van der Waals surface area contributed by atoms with Crippen LogP contribution in [0.1, 0.15) is 38.5 Å². The lowest BCUT2D eigenvalue weighted by molar-refractivity contribution is -0.123. The largest absolute Gasteiger partial charge is 0.355 e. The number of hydrogen-bond donors (Lipinski definition) is 1. The molecule has 0 heterocycles. The van der Waals surface area contributed by atoms with Gasteiger partial charge in [0.15, 0.2) is 0 Å². The third-order valence-corrected chi connectivity index (χ3v) is 5.33. The molecule has 2 nitrogen and oxygen atoms in total. The Hall–Kier alpha value is -0.0500. The van der Waals surface area contributed by atoms with E-state index in [0.29, 0.717) is 17.2 Å². The van der Waals surface area contributed by atoms with Crippen molar-refractivity contribution in [2.45, 2.75) is 38.5 Å². The van der Waals surface area contributed by atoms with Crippen molar-refractivity contribution < 1.29 is 4.79 Å². The molecule has 16 heavy (non-hydrogen) atoms. The summed E-state index contributed by atoms with van der Waals surface area (Å²) in [6, 6.07) is 0. The number of amides is 1. The molecular formula is C13H20BrNO. The van der Waals surface area contributed by atoms with Crippen molar-refractivity contribution in [3.8, 4) is 0 Å². The number of rotatable bonds is 5. The van der Waals surface area contributed by atoms with Gasteiger partial charge in [-0.05, 0) is 49.4 Å². The number of halogens is 1. The standard InChI is InChI=1S/C13H20BrNO/c14-7-6-13(4-5-13)8-15-12(16)11-9-2-1-3-10(9)11/h9-11H,1-8H2,(H,15,16). The molecule has 0 aliphatic heterocycles. The molecule has 3 saturated carbocycles. The van der Waals surface area contributed by atoms with Crippen molar-refractivity contribution in [1.82, 2.24) is 5.32 Å². The highest BCUT2D eigenvalue weighted by atomic mass is 79.9. The van der Waals surface area contributed by atoms with Gasteiger partial charge in [0.25, 0.3) is 0 Å². The fourth-order valence-corrected chi connectivity index (χ4v) is 4.34. The van der Waals surface area contributed by atoms with E-state index in [-0.39, 0.29) is 0 Å². The second-order valence-electron chi connectivity index (χ2n) is 5.94. The molecule has 3 heteroatoms. The maximum absolute atomic E-state index is 12.0. The van der Waals surface area contributed by atoms with Gasteiger partial charge in [0.2, 0.25) is 5.91 Å². The summed E-state index contributed by atoms with van der Waals surface area (Å²) in [5.74, 6) is 2.27. The molecule has 3 rings (SSSR count). The Labute approximate surface area is 106 Å². The van der Waals surface area contributed by atoms with Crippen LogP contribution in [-0.2, 0) is 4.79 Å². The van der Waals surface area contributed by atoms with Crippen LogP contribution in [0.25, 0.3) is 0 Å². The van der Waals surface area contributed by atoms with Gasteiger partial charge >= 0.3 is 0 Å². The number of hydrogen-bond acceptors (Lipinski definition) is 1. The second-order valence-corrected chi connectivity index (χ2v) is 6.73. The van der Waals surface area contributed by atoms with Crippen LogP contribution >= 0.6 is 15.9 Å². The van der Waals surface area contributed by atoms with E-state index in [1.807, 2.05) is 0 Å². The highest BCUT2D eigenvalue weighted by Gasteiger charge is 2.56. The fourth-order valence-electron chi connectivity index (χ4n) is 3.50. The number of nitrogens with one attached hydrogen (secondary N) is 1. The van der Waals surface area contributed by atoms with Crippen molar-refractivity contribution in [2.24, 2.45) is 23.2 Å². The topological polar surface area (TPSA) is 29.1 Å². The molecule has 3 aliphatic rings. The first kappa shape index (κ1) is 11.1. The van der Waals surface area contributed by atoms with Gasteiger partial charge in [-0.15, -0.1) is 0 Å². The Balaban J connectivity index is 1.44. The van der Waals surface area contributed by atoms with Gasteiger partial charge < -0.3 is 5.32 Å². The molecule has 1 N–H and O–H groups in total. The molecular weight excluding hydrogens is 266 g/mol. The molecule has 0 radical (unpaired) electrons. The van der Waals surface area contributed by atoms with Crippen LogP contribution in [0.2, 0.25) is 0 Å². The molecule has 3 fully saturated rings. The van der Waals surface area contributed by atoms with Crippen molar-refractivity contribution in [3.63, 3.8) is 0 Å². The summed E-state index contributed by atoms with van der Waals surface area (Å²) in [6.45, 7) is 0.924. The first-order valence-electron chi connectivity index (χ1n) is 6.59. The third kappa shape index (κ3) is 1.92. The Morgan fingerprint density at radius 2 is 2.00 bits per heavy atom. The highest BCUT2D eigenvalue weighted by molar-refractivity contribution is 9.09. The van der Waals surface area contributed by atoms with Crippen molar-refractivity contribution in [1.29, 1.82) is 0 Å². The van der Waals surface area contributed by atoms with E-state index in [2.05, 4.69) is 21.2 Å². The molecule has 2 unspecified atom stereocenters. The zero-order valence-electron chi connectivity index (χ0n) is 9.68. The van der Waals surface area contributed by atoms with Gasteiger partial charge in [-0.25, -0.2) is 0 Å². The Kier molecular flexibility index (Phi) is 2.77. The summed E-state index contributed by atoms with van der Waals surface area (Å²) in [4.78, 5) is 12.0. The van der Waals surface area contributed by atoms with Gasteiger partial charge in [0.1, 0.15) is 0 Å². The van der Waals surface area contributed by atoms with E-state index in [1.54, 1.807) is 0 Å². The molecule has 0 aromatic heterocycles. The van der Waals surface area contributed by atoms with E-state index in [4.69, 9.17) is 0 Å². The SMILES string of the molecule is O=C(NCC1(CCBr)CC1)C1C2CCCC21. The summed E-state index contributed by atoms with van der Waals surface area (Å²) in [5.41, 5.74) is 0.461. The van der Waals surface area contributed by atoms with Gasteiger partial charge in [-0.3, -0.25) is 4.79 Å². The van der Waals surface area contributed by atoms with Crippen LogP contribution in [0.15, 0.2) is 0 Å². The van der Waals surface area contributed by atoms with E-state index >= 15 is 0 Å². The Morgan fingerprint density at radius 3 is 2.56 bits per heavy atom. The van der Waals surface area contributed by atoms with Gasteiger partial charge in [0.05, 0.1) is 0 Å². The van der Waals surface area contributed by atoms with Crippen LogP contribution in [0.3, 0.4) is 0 Å². The summed E-state index contributed by atoms with van der Waals surface area (Å²) in [5, 5.41) is 4.27. The highest BCUT2D eigenvalue weighted by Crippen LogP contribution is 2.57. The molecule has 1 amide bonds. The van der Waals surface area contributed by atoms with Crippen LogP contribution in [-0.4, -0.2) is 17.8 Å². The fraction of sp³-hybridized carbons (Fsp3) is 0.923. The van der Waals surface area contributed by atoms with Gasteiger partial charge in [-0.2, -0.15) is 0 Å². The quantitative estimate of drug-likeness (QED) is 0.774. The molecule has 3 aliphatic carbocycles. The lowest BCUT2D eigenvalue weighted by Crippen LogP contribution is -2.32. The van der Waals surface area contributed by atoms with Gasteiger partial charge in [0, 0.05) is 17.8 Å². The Bertz CT molecular complexity index is 290. The number of alkyl halides is 1. The van der Waals surface area contributed by atoms with E-state index in [9.17, 15) is 4.79 Å². The molecule has 0 bridgehead atoms. The van der Waals surface area contributed by atoms with E-state index in [0.717, 1.165) is 23.7 Å². The average molecular weight is 286 g/mol.